The van der Waals surface area contributed by atoms with Crippen molar-refractivity contribution in [3.05, 3.63) is 71.5 Å². The Labute approximate surface area is 167 Å². The highest BCUT2D eigenvalue weighted by Crippen LogP contribution is 2.29. The largest absolute Gasteiger partial charge is 0.495 e. The summed E-state index contributed by atoms with van der Waals surface area (Å²) in [4.78, 5) is 12.1. The Hall–Kier alpha value is -3.25. The van der Waals surface area contributed by atoms with Crippen molar-refractivity contribution in [2.24, 2.45) is 0 Å². The number of aromatic amines is 1. The molecule has 0 fully saturated rings. The van der Waals surface area contributed by atoms with Gasteiger partial charge in [0.25, 0.3) is 0 Å². The summed E-state index contributed by atoms with van der Waals surface area (Å²) in [5.41, 5.74) is 3.15. The van der Waals surface area contributed by atoms with Gasteiger partial charge in [-0.15, -0.1) is 0 Å². The van der Waals surface area contributed by atoms with Gasteiger partial charge in [-0.25, -0.2) is 4.98 Å². The van der Waals surface area contributed by atoms with Crippen LogP contribution in [0.4, 0.5) is 17.5 Å². The first-order valence-electron chi connectivity index (χ1n) is 8.95. The summed E-state index contributed by atoms with van der Waals surface area (Å²) in [6.45, 7) is 0.763. The number of rotatable bonds is 7. The quantitative estimate of drug-likeness (QED) is 0.411. The van der Waals surface area contributed by atoms with E-state index >= 15 is 0 Å². The summed E-state index contributed by atoms with van der Waals surface area (Å²) in [5, 5.41) is 8.37. The number of para-hydroxylation sites is 1. The molecule has 6 nitrogen and oxygen atoms in total. The molecule has 0 saturated carbocycles. The Kier molecular flexibility index (Phi) is 5.30. The first kappa shape index (κ1) is 18.1. The minimum atomic E-state index is 0.470. The van der Waals surface area contributed by atoms with Crippen molar-refractivity contribution in [3.8, 4) is 5.75 Å². The molecule has 2 aromatic carbocycles. The molecule has 2 aromatic heterocycles. The van der Waals surface area contributed by atoms with Crippen molar-refractivity contribution in [2.45, 2.75) is 6.42 Å². The molecule has 7 heteroatoms. The van der Waals surface area contributed by atoms with Crippen molar-refractivity contribution in [1.82, 2.24) is 15.0 Å². The SMILES string of the molecule is COc1ccc(Cl)cc1Nc1nccc(NCCc2c[nH]c3ccccc23)n1. The number of anilines is 3. The van der Waals surface area contributed by atoms with Gasteiger partial charge in [0.05, 0.1) is 12.8 Å². The molecule has 0 atom stereocenters. The standard InChI is InChI=1S/C21H20ClN5O/c1-28-19-7-6-15(22)12-18(19)26-21-24-11-9-20(27-21)23-10-8-14-13-25-17-5-3-2-4-16(14)17/h2-7,9,11-13,25H,8,10H2,1H3,(H2,23,24,26,27). The maximum absolute atomic E-state index is 6.08. The summed E-state index contributed by atoms with van der Waals surface area (Å²) in [7, 11) is 1.61. The van der Waals surface area contributed by atoms with Gasteiger partial charge in [0.2, 0.25) is 5.95 Å². The van der Waals surface area contributed by atoms with Crippen LogP contribution in [0.2, 0.25) is 5.02 Å². The third kappa shape index (κ3) is 4.02. The number of nitrogens with one attached hydrogen (secondary N) is 3. The number of benzene rings is 2. The first-order chi connectivity index (χ1) is 13.7. The van der Waals surface area contributed by atoms with Crippen LogP contribution in [-0.4, -0.2) is 28.6 Å². The van der Waals surface area contributed by atoms with Crippen molar-refractivity contribution in [1.29, 1.82) is 0 Å². The predicted molar refractivity (Wildman–Crippen MR) is 114 cm³/mol. The van der Waals surface area contributed by atoms with Crippen LogP contribution in [-0.2, 0) is 6.42 Å². The summed E-state index contributed by atoms with van der Waals surface area (Å²) in [6, 6.07) is 15.5. The Bertz CT molecular complexity index is 1100. The monoisotopic (exact) mass is 393 g/mol. The van der Waals surface area contributed by atoms with Gasteiger partial charge in [0.1, 0.15) is 11.6 Å². The van der Waals surface area contributed by atoms with Crippen LogP contribution in [0.25, 0.3) is 10.9 Å². The number of fused-ring (bicyclic) bond motifs is 1. The predicted octanol–water partition coefficient (Wildman–Crippen LogP) is 5.02. The summed E-state index contributed by atoms with van der Waals surface area (Å²) in [5.74, 6) is 1.89. The molecule has 2 heterocycles. The van der Waals surface area contributed by atoms with Crippen LogP contribution in [0.3, 0.4) is 0 Å². The van der Waals surface area contributed by atoms with Crippen LogP contribution >= 0.6 is 11.6 Å². The van der Waals surface area contributed by atoms with E-state index in [2.05, 4.69) is 50.0 Å². The summed E-state index contributed by atoms with van der Waals surface area (Å²) in [6.07, 6.45) is 4.66. The molecule has 0 saturated heterocycles. The number of methoxy groups -OCH3 is 1. The van der Waals surface area contributed by atoms with Crippen molar-refractivity contribution in [3.63, 3.8) is 0 Å². The summed E-state index contributed by atoms with van der Waals surface area (Å²) >= 11 is 6.08. The van der Waals surface area contributed by atoms with E-state index in [1.807, 2.05) is 12.1 Å². The van der Waals surface area contributed by atoms with E-state index in [1.165, 1.54) is 10.9 Å². The van der Waals surface area contributed by atoms with Gasteiger partial charge in [0.15, 0.2) is 0 Å². The van der Waals surface area contributed by atoms with E-state index in [0.717, 1.165) is 24.3 Å². The number of hydrogen-bond donors (Lipinski definition) is 3. The highest BCUT2D eigenvalue weighted by Gasteiger charge is 2.07. The first-order valence-corrected chi connectivity index (χ1v) is 9.33. The highest BCUT2D eigenvalue weighted by atomic mass is 35.5. The molecule has 0 spiro atoms. The fourth-order valence-corrected chi connectivity index (χ4v) is 3.25. The lowest BCUT2D eigenvalue weighted by Gasteiger charge is -2.11. The molecule has 142 valence electrons. The second-order valence-electron chi connectivity index (χ2n) is 6.27. The maximum Gasteiger partial charge on any atom is 0.229 e. The number of halogens is 1. The zero-order valence-electron chi connectivity index (χ0n) is 15.4. The Morgan fingerprint density at radius 2 is 2.04 bits per heavy atom. The minimum absolute atomic E-state index is 0.470. The van der Waals surface area contributed by atoms with Gasteiger partial charge in [-0.3, -0.25) is 0 Å². The van der Waals surface area contributed by atoms with E-state index in [9.17, 15) is 0 Å². The minimum Gasteiger partial charge on any atom is -0.495 e. The van der Waals surface area contributed by atoms with Crippen molar-refractivity contribution >= 4 is 40.0 Å². The molecule has 4 rings (SSSR count). The Morgan fingerprint density at radius 3 is 2.93 bits per heavy atom. The molecule has 0 aliphatic rings. The molecule has 0 aliphatic carbocycles. The fourth-order valence-electron chi connectivity index (χ4n) is 3.08. The topological polar surface area (TPSA) is 74.9 Å². The molecule has 28 heavy (non-hydrogen) atoms. The second kappa shape index (κ2) is 8.19. The third-order valence-electron chi connectivity index (χ3n) is 4.44. The normalized spacial score (nSPS) is 10.8. The van der Waals surface area contributed by atoms with Gasteiger partial charge < -0.3 is 20.4 Å². The smallest absolute Gasteiger partial charge is 0.229 e. The maximum atomic E-state index is 6.08. The lowest BCUT2D eigenvalue weighted by Crippen LogP contribution is -2.07. The van der Waals surface area contributed by atoms with Gasteiger partial charge in [-0.2, -0.15) is 4.98 Å². The van der Waals surface area contributed by atoms with Crippen molar-refractivity contribution in [2.75, 3.05) is 24.3 Å². The number of H-pyrrole nitrogens is 1. The molecule has 0 unspecified atom stereocenters. The molecule has 0 amide bonds. The van der Waals surface area contributed by atoms with Crippen LogP contribution in [0.15, 0.2) is 60.9 Å². The van der Waals surface area contributed by atoms with Gasteiger partial charge in [-0.1, -0.05) is 29.8 Å². The molecular weight excluding hydrogens is 374 g/mol. The van der Waals surface area contributed by atoms with Crippen LogP contribution < -0.4 is 15.4 Å². The van der Waals surface area contributed by atoms with Crippen molar-refractivity contribution < 1.29 is 4.74 Å². The molecular formula is C21H20ClN5O. The number of ether oxygens (including phenoxy) is 1. The zero-order chi connectivity index (χ0) is 19.3. The molecule has 0 radical (unpaired) electrons. The Morgan fingerprint density at radius 1 is 1.14 bits per heavy atom. The second-order valence-corrected chi connectivity index (χ2v) is 6.71. The van der Waals surface area contributed by atoms with Crippen LogP contribution in [0.5, 0.6) is 5.75 Å². The number of aromatic nitrogens is 3. The highest BCUT2D eigenvalue weighted by molar-refractivity contribution is 6.31. The number of hydrogen-bond acceptors (Lipinski definition) is 5. The van der Waals surface area contributed by atoms with E-state index in [-0.39, 0.29) is 0 Å². The molecule has 0 bridgehead atoms. The van der Waals surface area contributed by atoms with E-state index in [0.29, 0.717) is 22.4 Å². The molecule has 0 aliphatic heterocycles. The summed E-state index contributed by atoms with van der Waals surface area (Å²) < 4.78 is 5.35. The van der Waals surface area contributed by atoms with E-state index in [4.69, 9.17) is 16.3 Å². The molecule has 4 aromatic rings. The van der Waals surface area contributed by atoms with Gasteiger partial charge in [0, 0.05) is 34.9 Å². The Balaban J connectivity index is 1.42. The fraction of sp³-hybridized carbons (Fsp3) is 0.143. The lowest BCUT2D eigenvalue weighted by atomic mass is 10.1. The van der Waals surface area contributed by atoms with Crippen LogP contribution in [0, 0.1) is 0 Å². The lowest BCUT2D eigenvalue weighted by molar-refractivity contribution is 0.417. The van der Waals surface area contributed by atoms with E-state index in [1.54, 1.807) is 31.5 Å². The average molecular weight is 394 g/mol. The van der Waals surface area contributed by atoms with E-state index < -0.39 is 0 Å². The van der Waals surface area contributed by atoms with Crippen LogP contribution in [0.1, 0.15) is 5.56 Å². The van der Waals surface area contributed by atoms with Gasteiger partial charge in [-0.05, 0) is 42.3 Å². The zero-order valence-corrected chi connectivity index (χ0v) is 16.1. The third-order valence-corrected chi connectivity index (χ3v) is 4.67. The average Bonchev–Trinajstić information content (AvgIpc) is 3.12. The van der Waals surface area contributed by atoms with Gasteiger partial charge >= 0.3 is 0 Å². The number of nitrogens with zero attached hydrogens (tertiary/aromatic N) is 2. The molecule has 3 N–H and O–H groups in total.